The summed E-state index contributed by atoms with van der Waals surface area (Å²) in [5, 5.41) is 3.08. The van der Waals surface area contributed by atoms with Gasteiger partial charge in [0.15, 0.2) is 11.6 Å². The normalized spacial score (nSPS) is 29.0. The van der Waals surface area contributed by atoms with Crippen molar-refractivity contribution in [1.29, 1.82) is 0 Å². The zero-order chi connectivity index (χ0) is 17.4. The Hall–Kier alpha value is -1.89. The number of piperidine rings is 1. The van der Waals surface area contributed by atoms with Gasteiger partial charge in [0.2, 0.25) is 0 Å². The number of amides is 2. The second-order valence-corrected chi connectivity index (χ2v) is 7.04. The van der Waals surface area contributed by atoms with E-state index in [-0.39, 0.29) is 30.0 Å². The van der Waals surface area contributed by atoms with E-state index in [1.54, 1.807) is 4.90 Å². The Balaban J connectivity index is 1.26. The number of rotatable bonds is 3. The number of nitrogens with zero attached hydrogens (tertiary/aromatic N) is 1. The van der Waals surface area contributed by atoms with Crippen LogP contribution in [0.5, 0.6) is 5.75 Å². The second kappa shape index (κ2) is 6.78. The van der Waals surface area contributed by atoms with Crippen molar-refractivity contribution >= 4 is 6.03 Å². The van der Waals surface area contributed by atoms with Crippen molar-refractivity contribution in [2.45, 2.75) is 56.5 Å². The number of hydrogen-bond donors (Lipinski definition) is 1. The molecular formula is C18H22F2N2O3. The zero-order valence-electron chi connectivity index (χ0n) is 13.9. The summed E-state index contributed by atoms with van der Waals surface area (Å²) < 4.78 is 38.0. The first kappa shape index (κ1) is 16.6. The third kappa shape index (κ3) is 3.56. The molecule has 3 unspecified atom stereocenters. The van der Waals surface area contributed by atoms with Gasteiger partial charge in [-0.1, -0.05) is 0 Å². The number of benzene rings is 1. The zero-order valence-corrected chi connectivity index (χ0v) is 13.9. The molecule has 1 N–H and O–H groups in total. The lowest BCUT2D eigenvalue weighted by Crippen LogP contribution is -2.51. The fraction of sp³-hybridized carbons (Fsp3) is 0.611. The molecule has 3 fully saturated rings. The van der Waals surface area contributed by atoms with Gasteiger partial charge in [0.05, 0.1) is 18.2 Å². The second-order valence-electron chi connectivity index (χ2n) is 7.04. The fourth-order valence-electron chi connectivity index (χ4n) is 3.97. The summed E-state index contributed by atoms with van der Waals surface area (Å²) in [4.78, 5) is 14.2. The Morgan fingerprint density at radius 2 is 2.00 bits per heavy atom. The standard InChI is InChI=1S/C18H22F2N2O3/c19-11-1-3-16(14(20)9-11)24-12-5-7-22(8-6-12)18(23)21-15-10-13-2-4-17(15)25-13/h1,3,9,12-13,15,17H,2,4-8,10H2,(H,21,23). The fourth-order valence-corrected chi connectivity index (χ4v) is 3.97. The average Bonchev–Trinajstić information content (AvgIpc) is 3.21. The Morgan fingerprint density at radius 1 is 1.20 bits per heavy atom. The van der Waals surface area contributed by atoms with Gasteiger partial charge in [-0.2, -0.15) is 0 Å². The first-order valence-electron chi connectivity index (χ1n) is 8.91. The van der Waals surface area contributed by atoms with Crippen LogP contribution in [0.2, 0.25) is 0 Å². The van der Waals surface area contributed by atoms with E-state index in [0.29, 0.717) is 32.0 Å². The molecule has 2 amide bonds. The maximum absolute atomic E-state index is 13.7. The van der Waals surface area contributed by atoms with E-state index < -0.39 is 11.6 Å². The number of ether oxygens (including phenoxy) is 2. The molecule has 1 aromatic carbocycles. The molecule has 0 aliphatic carbocycles. The van der Waals surface area contributed by atoms with E-state index in [2.05, 4.69) is 5.32 Å². The van der Waals surface area contributed by atoms with Crippen molar-refractivity contribution in [3.05, 3.63) is 29.8 Å². The summed E-state index contributed by atoms with van der Waals surface area (Å²) in [6, 6.07) is 3.35. The van der Waals surface area contributed by atoms with Crippen LogP contribution in [0.4, 0.5) is 13.6 Å². The third-order valence-corrected chi connectivity index (χ3v) is 5.33. The molecule has 3 heterocycles. The number of urea groups is 1. The van der Waals surface area contributed by atoms with Gasteiger partial charge < -0.3 is 19.7 Å². The van der Waals surface area contributed by atoms with Crippen molar-refractivity contribution in [1.82, 2.24) is 10.2 Å². The van der Waals surface area contributed by atoms with Crippen molar-refractivity contribution < 1.29 is 23.0 Å². The molecule has 5 nitrogen and oxygen atoms in total. The Morgan fingerprint density at radius 3 is 2.64 bits per heavy atom. The van der Waals surface area contributed by atoms with Crippen LogP contribution < -0.4 is 10.1 Å². The molecule has 3 aliphatic rings. The molecule has 0 aromatic heterocycles. The van der Waals surface area contributed by atoms with Crippen LogP contribution in [-0.2, 0) is 4.74 Å². The molecule has 0 spiro atoms. The van der Waals surface area contributed by atoms with Crippen LogP contribution in [0.1, 0.15) is 32.1 Å². The molecule has 4 rings (SSSR count). The van der Waals surface area contributed by atoms with Crippen molar-refractivity contribution in [2.75, 3.05) is 13.1 Å². The highest BCUT2D eigenvalue weighted by atomic mass is 19.1. The van der Waals surface area contributed by atoms with E-state index in [4.69, 9.17) is 9.47 Å². The smallest absolute Gasteiger partial charge is 0.317 e. The lowest BCUT2D eigenvalue weighted by Gasteiger charge is -2.33. The maximum atomic E-state index is 13.7. The molecule has 0 saturated carbocycles. The van der Waals surface area contributed by atoms with E-state index in [1.807, 2.05) is 0 Å². The number of likely N-dealkylation sites (tertiary alicyclic amines) is 1. The van der Waals surface area contributed by atoms with Crippen LogP contribution in [0.15, 0.2) is 18.2 Å². The lowest BCUT2D eigenvalue weighted by molar-refractivity contribution is 0.0919. The summed E-state index contributed by atoms with van der Waals surface area (Å²) in [5.74, 6) is -1.26. The van der Waals surface area contributed by atoms with Crippen LogP contribution >= 0.6 is 0 Å². The SMILES string of the molecule is O=C(NC1CC2CCC1O2)N1CCC(Oc2ccc(F)cc2F)CC1. The topological polar surface area (TPSA) is 50.8 Å². The Bertz CT molecular complexity index is 649. The Kier molecular flexibility index (Phi) is 4.50. The van der Waals surface area contributed by atoms with Gasteiger partial charge in [0.1, 0.15) is 11.9 Å². The molecule has 7 heteroatoms. The van der Waals surface area contributed by atoms with Gasteiger partial charge in [-0.25, -0.2) is 13.6 Å². The molecule has 3 atom stereocenters. The Labute approximate surface area is 145 Å². The van der Waals surface area contributed by atoms with Crippen LogP contribution in [0, 0.1) is 11.6 Å². The molecule has 2 bridgehead atoms. The quantitative estimate of drug-likeness (QED) is 0.910. The average molecular weight is 352 g/mol. The first-order valence-corrected chi connectivity index (χ1v) is 8.91. The lowest BCUT2D eigenvalue weighted by atomic mass is 9.95. The predicted molar refractivity (Wildman–Crippen MR) is 86.4 cm³/mol. The van der Waals surface area contributed by atoms with Gasteiger partial charge in [0.25, 0.3) is 0 Å². The molecular weight excluding hydrogens is 330 g/mol. The van der Waals surface area contributed by atoms with Gasteiger partial charge in [-0.3, -0.25) is 0 Å². The number of nitrogens with one attached hydrogen (secondary N) is 1. The van der Waals surface area contributed by atoms with Crippen LogP contribution in [0.25, 0.3) is 0 Å². The molecule has 3 saturated heterocycles. The minimum absolute atomic E-state index is 0.0587. The monoisotopic (exact) mass is 352 g/mol. The van der Waals surface area contributed by atoms with E-state index in [1.165, 1.54) is 12.1 Å². The number of halogens is 2. The van der Waals surface area contributed by atoms with E-state index in [0.717, 1.165) is 25.3 Å². The number of carbonyl (C=O) groups excluding carboxylic acids is 1. The number of fused-ring (bicyclic) bond motifs is 2. The first-order chi connectivity index (χ1) is 12.1. The molecule has 1 aromatic rings. The van der Waals surface area contributed by atoms with Gasteiger partial charge >= 0.3 is 6.03 Å². The van der Waals surface area contributed by atoms with Crippen molar-refractivity contribution in [2.24, 2.45) is 0 Å². The summed E-state index contributed by atoms with van der Waals surface area (Å²) in [7, 11) is 0. The molecule has 25 heavy (non-hydrogen) atoms. The summed E-state index contributed by atoms with van der Waals surface area (Å²) in [6.07, 6.45) is 4.56. The minimum atomic E-state index is -0.698. The molecule has 3 aliphatic heterocycles. The predicted octanol–water partition coefficient (Wildman–Crippen LogP) is 2.84. The third-order valence-electron chi connectivity index (χ3n) is 5.33. The molecule has 0 radical (unpaired) electrons. The number of carbonyl (C=O) groups is 1. The maximum Gasteiger partial charge on any atom is 0.317 e. The van der Waals surface area contributed by atoms with Gasteiger partial charge in [-0.15, -0.1) is 0 Å². The van der Waals surface area contributed by atoms with Crippen LogP contribution in [0.3, 0.4) is 0 Å². The van der Waals surface area contributed by atoms with E-state index in [9.17, 15) is 13.6 Å². The summed E-state index contributed by atoms with van der Waals surface area (Å²) in [6.45, 7) is 1.11. The highest BCUT2D eigenvalue weighted by molar-refractivity contribution is 5.74. The largest absolute Gasteiger partial charge is 0.487 e. The molecule has 136 valence electrons. The summed E-state index contributed by atoms with van der Waals surface area (Å²) >= 11 is 0. The van der Waals surface area contributed by atoms with Gasteiger partial charge in [-0.05, 0) is 31.4 Å². The van der Waals surface area contributed by atoms with E-state index >= 15 is 0 Å². The summed E-state index contributed by atoms with van der Waals surface area (Å²) in [5.41, 5.74) is 0. The van der Waals surface area contributed by atoms with Crippen molar-refractivity contribution in [3.8, 4) is 5.75 Å². The highest BCUT2D eigenvalue weighted by Crippen LogP contribution is 2.34. The highest BCUT2D eigenvalue weighted by Gasteiger charge is 2.42. The van der Waals surface area contributed by atoms with Gasteiger partial charge in [0, 0.05) is 32.0 Å². The number of hydrogen-bond acceptors (Lipinski definition) is 3. The minimum Gasteiger partial charge on any atom is -0.487 e. The van der Waals surface area contributed by atoms with Crippen molar-refractivity contribution in [3.63, 3.8) is 0 Å². The van der Waals surface area contributed by atoms with Crippen LogP contribution in [-0.4, -0.2) is 48.4 Å².